The Labute approximate surface area is 216 Å². The van der Waals surface area contributed by atoms with Crippen molar-refractivity contribution in [3.63, 3.8) is 0 Å². The molecule has 9 nitrogen and oxygen atoms in total. The molecule has 0 saturated carbocycles. The number of aliphatic hydroxyl groups is 1. The lowest BCUT2D eigenvalue weighted by Gasteiger charge is -2.30. The van der Waals surface area contributed by atoms with Crippen molar-refractivity contribution in [2.75, 3.05) is 18.8 Å². The number of aromatic nitrogens is 1. The molecule has 2 aromatic carbocycles. The first-order chi connectivity index (χ1) is 17.1. The minimum absolute atomic E-state index is 0.00191. The summed E-state index contributed by atoms with van der Waals surface area (Å²) in [6, 6.07) is 14.6. The Kier molecular flexibility index (Phi) is 9.82. The standard InChI is InChI=1S/C25H32N4O5S2/c1-18(2)14-29(36(32,33)22-10-6-9-20(26)12-22)15-24(30)23(11-19-7-4-3-5-8-19)28-25(31)34-16-21-13-27-17-35-21/h3-10,12-13,17-18,23-24,30H,11,14-16,26H2,1-2H3,(H,28,31)/t23?,24-/m1/s1. The molecular weight excluding hydrogens is 500 g/mol. The monoisotopic (exact) mass is 532 g/mol. The zero-order valence-electron chi connectivity index (χ0n) is 20.3. The predicted molar refractivity (Wildman–Crippen MR) is 140 cm³/mol. The molecule has 0 saturated heterocycles. The number of benzene rings is 2. The summed E-state index contributed by atoms with van der Waals surface area (Å²) in [5.41, 5.74) is 8.66. The van der Waals surface area contributed by atoms with Gasteiger partial charge in [0.1, 0.15) is 6.61 Å². The first-order valence-corrected chi connectivity index (χ1v) is 13.9. The van der Waals surface area contributed by atoms with E-state index < -0.39 is 28.3 Å². The van der Waals surface area contributed by atoms with Crippen LogP contribution in [0.3, 0.4) is 0 Å². The number of nitrogens with zero attached hydrogens (tertiary/aromatic N) is 2. The molecule has 0 radical (unpaired) electrons. The summed E-state index contributed by atoms with van der Waals surface area (Å²) in [7, 11) is -3.94. The largest absolute Gasteiger partial charge is 0.444 e. The highest BCUT2D eigenvalue weighted by Gasteiger charge is 2.31. The van der Waals surface area contributed by atoms with Gasteiger partial charge in [0.05, 0.1) is 27.4 Å². The van der Waals surface area contributed by atoms with Crippen molar-refractivity contribution >= 4 is 33.1 Å². The van der Waals surface area contributed by atoms with Crippen molar-refractivity contribution in [1.29, 1.82) is 0 Å². The van der Waals surface area contributed by atoms with Gasteiger partial charge in [-0.25, -0.2) is 13.2 Å². The number of nitrogens with two attached hydrogens (primary N) is 1. The zero-order valence-corrected chi connectivity index (χ0v) is 21.9. The van der Waals surface area contributed by atoms with Crippen LogP contribution < -0.4 is 11.1 Å². The first kappa shape index (κ1) is 27.6. The zero-order chi connectivity index (χ0) is 26.1. The van der Waals surface area contributed by atoms with Crippen molar-refractivity contribution in [3.8, 4) is 0 Å². The minimum Gasteiger partial charge on any atom is -0.444 e. The van der Waals surface area contributed by atoms with Gasteiger partial charge in [-0.2, -0.15) is 4.31 Å². The SMILES string of the molecule is CC(C)CN(C[C@@H](O)C(Cc1ccccc1)NC(=O)OCc1cncs1)S(=O)(=O)c1cccc(N)c1. The molecule has 3 rings (SSSR count). The quantitative estimate of drug-likeness (QED) is 0.305. The van der Waals surface area contributed by atoms with Crippen LogP contribution in [0.25, 0.3) is 0 Å². The van der Waals surface area contributed by atoms with E-state index in [9.17, 15) is 18.3 Å². The van der Waals surface area contributed by atoms with E-state index in [1.54, 1.807) is 23.8 Å². The molecule has 1 heterocycles. The van der Waals surface area contributed by atoms with Crippen molar-refractivity contribution in [3.05, 3.63) is 76.7 Å². The van der Waals surface area contributed by atoms with Crippen LogP contribution in [0.4, 0.5) is 10.5 Å². The number of nitrogens with one attached hydrogen (secondary N) is 1. The van der Waals surface area contributed by atoms with E-state index >= 15 is 0 Å². The van der Waals surface area contributed by atoms with Gasteiger partial charge in [-0.1, -0.05) is 50.2 Å². The fourth-order valence-electron chi connectivity index (χ4n) is 3.63. The van der Waals surface area contributed by atoms with E-state index in [-0.39, 0.29) is 36.9 Å². The van der Waals surface area contributed by atoms with Crippen LogP contribution in [0.2, 0.25) is 0 Å². The number of ether oxygens (including phenoxy) is 1. The Balaban J connectivity index is 1.80. The molecule has 1 unspecified atom stereocenters. The number of carbonyl (C=O) groups is 1. The lowest BCUT2D eigenvalue weighted by Crippen LogP contribution is -2.51. The lowest BCUT2D eigenvalue weighted by molar-refractivity contribution is 0.0876. The van der Waals surface area contributed by atoms with Crippen molar-refractivity contribution in [2.24, 2.45) is 5.92 Å². The average molecular weight is 533 g/mol. The van der Waals surface area contributed by atoms with E-state index in [4.69, 9.17) is 10.5 Å². The van der Waals surface area contributed by atoms with E-state index in [0.29, 0.717) is 5.69 Å². The smallest absolute Gasteiger partial charge is 0.407 e. The van der Waals surface area contributed by atoms with Crippen LogP contribution >= 0.6 is 11.3 Å². The second-order valence-electron chi connectivity index (χ2n) is 8.84. The Morgan fingerprint density at radius 2 is 1.92 bits per heavy atom. The third-order valence-corrected chi connectivity index (χ3v) is 7.93. The van der Waals surface area contributed by atoms with Crippen LogP contribution in [0, 0.1) is 5.92 Å². The molecule has 3 aromatic rings. The van der Waals surface area contributed by atoms with Gasteiger partial charge in [-0.05, 0) is 36.1 Å². The first-order valence-electron chi connectivity index (χ1n) is 11.5. The van der Waals surface area contributed by atoms with Crippen molar-refractivity contribution in [1.82, 2.24) is 14.6 Å². The predicted octanol–water partition coefficient (Wildman–Crippen LogP) is 3.27. The van der Waals surface area contributed by atoms with Crippen LogP contribution in [0.15, 0.2) is 71.2 Å². The van der Waals surface area contributed by atoms with Gasteiger partial charge >= 0.3 is 6.09 Å². The fourth-order valence-corrected chi connectivity index (χ4v) is 5.82. The Hall–Kier alpha value is -2.99. The lowest BCUT2D eigenvalue weighted by atomic mass is 10.0. The number of hydrogen-bond donors (Lipinski definition) is 3. The molecule has 0 aliphatic carbocycles. The normalized spacial score (nSPS) is 13.5. The molecule has 0 bridgehead atoms. The molecule has 0 spiro atoms. The molecule has 1 amide bonds. The van der Waals surface area contributed by atoms with Gasteiger partial charge in [0.25, 0.3) is 0 Å². The number of anilines is 1. The van der Waals surface area contributed by atoms with Gasteiger partial charge in [0.15, 0.2) is 0 Å². The molecule has 11 heteroatoms. The third-order valence-electron chi connectivity index (χ3n) is 5.35. The second-order valence-corrected chi connectivity index (χ2v) is 11.7. The molecular formula is C25H32N4O5S2. The van der Waals surface area contributed by atoms with Crippen LogP contribution in [0.1, 0.15) is 24.3 Å². The third kappa shape index (κ3) is 8.02. The minimum atomic E-state index is -3.94. The summed E-state index contributed by atoms with van der Waals surface area (Å²) in [6.45, 7) is 3.80. The number of carbonyl (C=O) groups excluding carboxylic acids is 1. The van der Waals surface area contributed by atoms with E-state index in [1.807, 2.05) is 44.2 Å². The van der Waals surface area contributed by atoms with Crippen LogP contribution in [-0.2, 0) is 27.8 Å². The summed E-state index contributed by atoms with van der Waals surface area (Å²) < 4.78 is 33.4. The molecule has 2 atom stereocenters. The van der Waals surface area contributed by atoms with E-state index in [0.717, 1.165) is 10.4 Å². The number of alkyl carbamates (subject to hydrolysis) is 1. The van der Waals surface area contributed by atoms with Gasteiger partial charge < -0.3 is 20.9 Å². The number of sulfonamides is 1. The van der Waals surface area contributed by atoms with Crippen LogP contribution in [0.5, 0.6) is 0 Å². The summed E-state index contributed by atoms with van der Waals surface area (Å²) in [5, 5.41) is 13.9. The molecule has 1 aromatic heterocycles. The number of nitrogen functional groups attached to an aromatic ring is 1. The maximum atomic E-state index is 13.4. The van der Waals surface area contributed by atoms with Crippen LogP contribution in [-0.4, -0.2) is 54.1 Å². The topological polar surface area (TPSA) is 135 Å². The number of hydrogen-bond acceptors (Lipinski definition) is 8. The molecule has 0 fully saturated rings. The fraction of sp³-hybridized carbons (Fsp3) is 0.360. The maximum absolute atomic E-state index is 13.4. The van der Waals surface area contributed by atoms with E-state index in [1.165, 1.54) is 27.8 Å². The summed E-state index contributed by atoms with van der Waals surface area (Å²) in [4.78, 5) is 17.3. The van der Waals surface area contributed by atoms with Gasteiger partial charge in [-0.3, -0.25) is 4.98 Å². The van der Waals surface area contributed by atoms with E-state index in [2.05, 4.69) is 10.3 Å². The molecule has 4 N–H and O–H groups in total. The average Bonchev–Trinajstić information content (AvgIpc) is 3.36. The number of thiazole rings is 1. The number of aliphatic hydroxyl groups excluding tert-OH is 1. The van der Waals surface area contributed by atoms with Gasteiger partial charge in [0, 0.05) is 25.0 Å². The molecule has 194 valence electrons. The van der Waals surface area contributed by atoms with Gasteiger partial charge in [0.2, 0.25) is 10.0 Å². The Bertz CT molecular complexity index is 1200. The van der Waals surface area contributed by atoms with Crippen molar-refractivity contribution in [2.45, 2.75) is 43.9 Å². The maximum Gasteiger partial charge on any atom is 0.407 e. The molecule has 0 aliphatic heterocycles. The number of rotatable bonds is 12. The van der Waals surface area contributed by atoms with Gasteiger partial charge in [-0.15, -0.1) is 11.3 Å². The summed E-state index contributed by atoms with van der Waals surface area (Å²) in [5.74, 6) is -0.00191. The number of amides is 1. The Morgan fingerprint density at radius 1 is 1.17 bits per heavy atom. The highest BCUT2D eigenvalue weighted by atomic mass is 32.2. The Morgan fingerprint density at radius 3 is 2.56 bits per heavy atom. The summed E-state index contributed by atoms with van der Waals surface area (Å²) >= 11 is 1.36. The highest BCUT2D eigenvalue weighted by Crippen LogP contribution is 2.21. The van der Waals surface area contributed by atoms with Crippen molar-refractivity contribution < 1.29 is 23.1 Å². The molecule has 36 heavy (non-hydrogen) atoms. The second kappa shape index (κ2) is 12.8. The highest BCUT2D eigenvalue weighted by molar-refractivity contribution is 7.89. The molecule has 0 aliphatic rings. The summed E-state index contributed by atoms with van der Waals surface area (Å²) in [6.07, 6.45) is -0.0293.